The molecule has 9 nitrogen and oxygen atoms in total. The van der Waals surface area contributed by atoms with Crippen molar-refractivity contribution in [1.82, 2.24) is 14.6 Å². The Kier molecular flexibility index (Phi) is 11.6. The van der Waals surface area contributed by atoms with E-state index in [4.69, 9.17) is 40.6 Å². The van der Waals surface area contributed by atoms with Gasteiger partial charge in [-0.1, -0.05) is 42.0 Å². The minimum absolute atomic E-state index is 0.0531. The molecule has 1 aliphatic heterocycles. The van der Waals surface area contributed by atoms with Crippen LogP contribution in [0.5, 0.6) is 5.75 Å². The molecule has 0 spiro atoms. The molecule has 1 saturated heterocycles. The summed E-state index contributed by atoms with van der Waals surface area (Å²) in [5.74, 6) is 1.01. The maximum absolute atomic E-state index is 13.4. The summed E-state index contributed by atoms with van der Waals surface area (Å²) in [6.45, 7) is 23.3. The molecular weight excluding hydrogens is 664 g/mol. The highest BCUT2D eigenvalue weighted by atomic mass is 35.5. The van der Waals surface area contributed by atoms with Gasteiger partial charge in [0.05, 0.1) is 42.3 Å². The molecule has 5 rings (SSSR count). The first-order valence-electron chi connectivity index (χ1n) is 17.5. The number of nitrogens with zero attached hydrogens (tertiary/aromatic N) is 4. The number of rotatable bonds is 13. The van der Waals surface area contributed by atoms with E-state index in [0.717, 1.165) is 58.8 Å². The van der Waals surface area contributed by atoms with Crippen molar-refractivity contribution in [1.29, 1.82) is 0 Å². The van der Waals surface area contributed by atoms with E-state index in [1.165, 1.54) is 7.11 Å². The van der Waals surface area contributed by atoms with E-state index < -0.39 is 17.7 Å². The number of esters is 1. The molecule has 0 aliphatic carbocycles. The summed E-state index contributed by atoms with van der Waals surface area (Å²) in [6, 6.07) is 14.1. The van der Waals surface area contributed by atoms with Crippen molar-refractivity contribution in [3.63, 3.8) is 0 Å². The normalized spacial score (nSPS) is 15.7. The Labute approximate surface area is 307 Å². The second kappa shape index (κ2) is 15.6. The number of halogens is 1. The van der Waals surface area contributed by atoms with Crippen molar-refractivity contribution in [2.75, 3.05) is 31.7 Å². The summed E-state index contributed by atoms with van der Waals surface area (Å²) in [5, 5.41) is 5.82. The third kappa shape index (κ3) is 8.66. The molecule has 3 heterocycles. The average molecular weight is 715 g/mol. The molecule has 0 N–H and O–H groups in total. The molecule has 10 heteroatoms. The minimum Gasteiger partial charge on any atom is -0.490 e. The predicted molar refractivity (Wildman–Crippen MR) is 205 cm³/mol. The third-order valence-electron chi connectivity index (χ3n) is 9.18. The van der Waals surface area contributed by atoms with Crippen LogP contribution in [0.2, 0.25) is 5.02 Å². The second-order valence-electron chi connectivity index (χ2n) is 14.5. The van der Waals surface area contributed by atoms with Crippen molar-refractivity contribution in [3.8, 4) is 28.1 Å². The van der Waals surface area contributed by atoms with E-state index in [0.29, 0.717) is 41.6 Å². The molecule has 2 aromatic heterocycles. The highest BCUT2D eigenvalue weighted by Crippen LogP contribution is 2.40. The lowest BCUT2D eigenvalue weighted by molar-refractivity contribution is -0.164. The Hall–Kier alpha value is -4.18. The number of carbonyl (C=O) groups excluding carboxylic acids is 1. The zero-order valence-corrected chi connectivity index (χ0v) is 32.0. The summed E-state index contributed by atoms with van der Waals surface area (Å²) in [5.41, 5.74) is 5.40. The Bertz CT molecular complexity index is 1900. The molecule has 2 aromatic carbocycles. The second-order valence-corrected chi connectivity index (χ2v) is 14.9. The van der Waals surface area contributed by atoms with E-state index in [1.54, 1.807) is 6.08 Å². The average Bonchev–Trinajstić information content (AvgIpc) is 3.51. The fourth-order valence-electron chi connectivity index (χ4n) is 6.47. The van der Waals surface area contributed by atoms with E-state index in [1.807, 2.05) is 88.5 Å². The lowest BCUT2D eigenvalue weighted by atomic mass is 9.92. The van der Waals surface area contributed by atoms with Gasteiger partial charge >= 0.3 is 5.97 Å². The van der Waals surface area contributed by atoms with Gasteiger partial charge in [0.2, 0.25) is 0 Å². The number of piperidine rings is 1. The van der Waals surface area contributed by atoms with Crippen molar-refractivity contribution in [2.45, 2.75) is 91.1 Å². The molecule has 272 valence electrons. The fourth-order valence-corrected chi connectivity index (χ4v) is 6.64. The molecular formula is C41H51ClN4O5. The zero-order chi connectivity index (χ0) is 37.1. The number of anilines is 1. The Balaban J connectivity index is 1.65. The predicted octanol–water partition coefficient (Wildman–Crippen LogP) is 9.27. The zero-order valence-electron chi connectivity index (χ0n) is 31.2. The molecule has 1 aliphatic rings. The van der Waals surface area contributed by atoms with Crippen molar-refractivity contribution in [2.24, 2.45) is 0 Å². The first-order chi connectivity index (χ1) is 24.2. The summed E-state index contributed by atoms with van der Waals surface area (Å²) in [7, 11) is 1.38. The van der Waals surface area contributed by atoms with Crippen LogP contribution in [0.4, 0.5) is 5.82 Å². The van der Waals surface area contributed by atoms with E-state index in [2.05, 4.69) is 31.0 Å². The molecule has 51 heavy (non-hydrogen) atoms. The summed E-state index contributed by atoms with van der Waals surface area (Å²) < 4.78 is 26.1. The molecule has 1 fully saturated rings. The Morgan fingerprint density at radius 2 is 1.78 bits per heavy atom. The maximum Gasteiger partial charge on any atom is 0.339 e. The van der Waals surface area contributed by atoms with Gasteiger partial charge in [-0.05, 0) is 90.6 Å². The molecule has 0 radical (unpaired) electrons. The first-order valence-corrected chi connectivity index (χ1v) is 17.9. The van der Waals surface area contributed by atoms with Gasteiger partial charge in [0.15, 0.2) is 11.8 Å². The molecule has 4 aromatic rings. The highest BCUT2D eigenvalue weighted by Gasteiger charge is 2.38. The molecule has 0 amide bonds. The van der Waals surface area contributed by atoms with Crippen LogP contribution in [-0.4, -0.2) is 64.7 Å². The molecule has 0 saturated carbocycles. The van der Waals surface area contributed by atoms with Gasteiger partial charge in [0, 0.05) is 47.4 Å². The molecule has 0 unspecified atom stereocenters. The van der Waals surface area contributed by atoms with Crippen LogP contribution < -0.4 is 9.64 Å². The Morgan fingerprint density at radius 1 is 1.08 bits per heavy atom. The van der Waals surface area contributed by atoms with Crippen molar-refractivity contribution < 1.29 is 23.7 Å². The first kappa shape index (κ1) is 38.1. The quantitative estimate of drug-likeness (QED) is 0.100. The smallest absolute Gasteiger partial charge is 0.339 e. The van der Waals surface area contributed by atoms with Crippen LogP contribution in [0.1, 0.15) is 76.8 Å². The maximum atomic E-state index is 13.4. The number of methoxy groups -OCH3 is 1. The van der Waals surface area contributed by atoms with Crippen LogP contribution in [0.3, 0.4) is 0 Å². The lowest BCUT2D eigenvalue weighted by Gasteiger charge is -2.41. The number of carbonyl (C=O) groups is 1. The summed E-state index contributed by atoms with van der Waals surface area (Å²) >= 11 is 6.65. The van der Waals surface area contributed by atoms with Gasteiger partial charge in [-0.3, -0.25) is 0 Å². The van der Waals surface area contributed by atoms with Gasteiger partial charge in [-0.15, -0.1) is 13.2 Å². The van der Waals surface area contributed by atoms with Gasteiger partial charge in [0.25, 0.3) is 0 Å². The van der Waals surface area contributed by atoms with Crippen LogP contribution in [0.25, 0.3) is 28.0 Å². The monoisotopic (exact) mass is 714 g/mol. The van der Waals surface area contributed by atoms with E-state index in [9.17, 15) is 4.79 Å². The van der Waals surface area contributed by atoms with Crippen molar-refractivity contribution >= 4 is 29.0 Å². The van der Waals surface area contributed by atoms with Gasteiger partial charge in [-0.25, -0.2) is 9.78 Å². The molecule has 2 atom stereocenters. The highest BCUT2D eigenvalue weighted by molar-refractivity contribution is 6.31. The summed E-state index contributed by atoms with van der Waals surface area (Å²) in [6.07, 6.45) is 4.83. The third-order valence-corrected chi connectivity index (χ3v) is 9.59. The van der Waals surface area contributed by atoms with Gasteiger partial charge in [0.1, 0.15) is 11.6 Å². The number of hydrogen-bond donors (Lipinski definition) is 0. The van der Waals surface area contributed by atoms with E-state index in [-0.39, 0.29) is 11.7 Å². The minimum atomic E-state index is -1.02. The Morgan fingerprint density at radius 3 is 2.43 bits per heavy atom. The largest absolute Gasteiger partial charge is 0.490 e. The van der Waals surface area contributed by atoms with Gasteiger partial charge < -0.3 is 23.8 Å². The SMILES string of the molecule is C=CCOC1(C)CCN(c2c([C@H](OC(C)(C)C)C(=O)OC)c(C)nc3cc(-c4cccc(-c5cc(Cl)c(C)cc5O[C@@H](C)CC=C)c4)nn23)CC1. The number of benzene rings is 2. The fraction of sp³-hybridized carbons (Fsp3) is 0.439. The number of aromatic nitrogens is 3. The van der Waals surface area contributed by atoms with Gasteiger partial charge in [-0.2, -0.15) is 9.61 Å². The van der Waals surface area contributed by atoms with Crippen LogP contribution in [0, 0.1) is 13.8 Å². The van der Waals surface area contributed by atoms with Crippen LogP contribution in [0.15, 0.2) is 67.8 Å². The number of hydrogen-bond acceptors (Lipinski definition) is 8. The van der Waals surface area contributed by atoms with E-state index >= 15 is 0 Å². The molecule has 0 bridgehead atoms. The number of ether oxygens (including phenoxy) is 4. The van der Waals surface area contributed by atoms with Crippen molar-refractivity contribution in [3.05, 3.63) is 89.6 Å². The van der Waals surface area contributed by atoms with Crippen LogP contribution in [-0.2, 0) is 19.0 Å². The van der Waals surface area contributed by atoms with Crippen LogP contribution >= 0.6 is 11.6 Å². The topological polar surface area (TPSA) is 87.4 Å². The lowest BCUT2D eigenvalue weighted by Crippen LogP contribution is -2.45. The summed E-state index contributed by atoms with van der Waals surface area (Å²) in [4.78, 5) is 20.7. The number of fused-ring (bicyclic) bond motifs is 1. The standard InChI is InChI=1S/C41H51ClN4O5/c1-11-14-27(4)50-34-22-26(3)32(42)24-31(34)29-15-13-16-30(23-29)33-25-35-43-28(5)36(37(39(47)48-10)51-40(6,7)8)38(46(35)44-33)45-19-17-41(9,18-20-45)49-21-12-2/h11-13,15-16,22-25,27,37H,1-2,14,17-21H2,3-10H3/t27-,37-/m0/s1. The number of aryl methyl sites for hydroxylation is 2.